The van der Waals surface area contributed by atoms with E-state index in [4.69, 9.17) is 28.4 Å². The fraction of sp³-hybridized carbons (Fsp3) is 0.930. The van der Waals surface area contributed by atoms with Crippen LogP contribution in [0, 0.1) is 0 Å². The van der Waals surface area contributed by atoms with E-state index in [1.165, 1.54) is 148 Å². The van der Waals surface area contributed by atoms with Crippen LogP contribution >= 0.6 is 0 Å². The van der Waals surface area contributed by atoms with Gasteiger partial charge < -0.3 is 64.2 Å². The standard InChI is InChI=1S/C57H106O15/c1-3-5-7-9-11-13-15-17-19-20-21-22-23-24-26-28-30-32-34-36-38-40-49(60)70-45(42-67-48(59)39-37-35-33-31-29-27-25-18-16-14-12-10-8-6-4-2)43-68-56-55(66)53(64)51(62)47(72-56)44-69-57-54(65)52(63)50(61)46(41-58)71-57/h18,25,45-47,50-58,61-66H,3-17,19-24,26-44H2,1-2H3/b25-18+/t45-,46+,47+,50-,51-,52?,53?,54?,55?,56+,57+/m1/s1. The van der Waals surface area contributed by atoms with E-state index in [1.807, 2.05) is 0 Å². The molecule has 0 saturated carbocycles. The van der Waals surface area contributed by atoms with Crippen molar-refractivity contribution in [2.45, 2.75) is 313 Å². The Labute approximate surface area is 435 Å². The number of carbonyl (C=O) groups excluding carboxylic acids is 2. The first-order chi connectivity index (χ1) is 35.0. The minimum Gasteiger partial charge on any atom is -0.462 e. The van der Waals surface area contributed by atoms with Crippen molar-refractivity contribution in [1.82, 2.24) is 0 Å². The van der Waals surface area contributed by atoms with Crippen molar-refractivity contribution in [1.29, 1.82) is 0 Å². The Hall–Kier alpha value is -1.76. The molecule has 2 fully saturated rings. The average molecular weight is 1030 g/mol. The van der Waals surface area contributed by atoms with Crippen molar-refractivity contribution in [3.8, 4) is 0 Å². The number of aliphatic hydroxyl groups excluding tert-OH is 7. The van der Waals surface area contributed by atoms with Crippen LogP contribution in [0.5, 0.6) is 0 Å². The van der Waals surface area contributed by atoms with Gasteiger partial charge in [-0.05, 0) is 38.5 Å². The van der Waals surface area contributed by atoms with E-state index in [0.717, 1.165) is 57.8 Å². The Morgan fingerprint density at radius 1 is 0.431 bits per heavy atom. The molecule has 0 amide bonds. The summed E-state index contributed by atoms with van der Waals surface area (Å²) >= 11 is 0. The molecule has 2 heterocycles. The number of aliphatic hydroxyl groups is 7. The zero-order valence-electron chi connectivity index (χ0n) is 45.2. The number of carbonyl (C=O) groups is 2. The molecule has 2 saturated heterocycles. The Balaban J connectivity index is 1.74. The number of unbranched alkanes of at least 4 members (excludes halogenated alkanes) is 31. The molecule has 7 N–H and O–H groups in total. The average Bonchev–Trinajstić information content (AvgIpc) is 3.37. The second-order valence-corrected chi connectivity index (χ2v) is 20.8. The van der Waals surface area contributed by atoms with Crippen LogP contribution in [0.4, 0.5) is 0 Å². The van der Waals surface area contributed by atoms with Gasteiger partial charge in [0.25, 0.3) is 0 Å². The maximum Gasteiger partial charge on any atom is 0.306 e. The van der Waals surface area contributed by atoms with E-state index in [2.05, 4.69) is 26.0 Å². The second kappa shape index (κ2) is 44.4. The zero-order valence-corrected chi connectivity index (χ0v) is 45.2. The maximum absolute atomic E-state index is 13.1. The Kier molecular flexibility index (Phi) is 40.9. The minimum absolute atomic E-state index is 0.170. The van der Waals surface area contributed by atoms with Crippen molar-refractivity contribution < 1.29 is 73.8 Å². The molecule has 0 aromatic rings. The van der Waals surface area contributed by atoms with Gasteiger partial charge in [0.15, 0.2) is 18.7 Å². The lowest BCUT2D eigenvalue weighted by Crippen LogP contribution is -2.61. The SMILES string of the molecule is CCCCCCCC/C=C/CCCCCCCC(=O)OC[C@H](CO[C@H]1O[C@@H](CO[C@H]2O[C@@H](CO)[C@@H](O)C(O)C2O)[C@@H](O)C(O)C1O)OC(=O)CCCCCCCCCCCCCCCCCCCCCCC. The van der Waals surface area contributed by atoms with Crippen LogP contribution in [0.1, 0.15) is 245 Å². The molecule has 15 heteroatoms. The van der Waals surface area contributed by atoms with Gasteiger partial charge in [-0.3, -0.25) is 9.59 Å². The summed E-state index contributed by atoms with van der Waals surface area (Å²) in [5, 5.41) is 72.3. The van der Waals surface area contributed by atoms with Gasteiger partial charge in [-0.1, -0.05) is 206 Å². The maximum atomic E-state index is 13.1. The molecule has 2 aliphatic rings. The number of ether oxygens (including phenoxy) is 6. The summed E-state index contributed by atoms with van der Waals surface area (Å²) in [6, 6.07) is 0. The Morgan fingerprint density at radius 2 is 0.792 bits per heavy atom. The molecule has 4 unspecified atom stereocenters. The molecule has 11 atom stereocenters. The fourth-order valence-electron chi connectivity index (χ4n) is 9.45. The van der Waals surface area contributed by atoms with Crippen LogP contribution in [-0.2, 0) is 38.0 Å². The van der Waals surface area contributed by atoms with E-state index in [9.17, 15) is 45.3 Å². The number of esters is 2. The number of allylic oxidation sites excluding steroid dienone is 2. The molecule has 0 radical (unpaired) electrons. The number of hydrogen-bond donors (Lipinski definition) is 7. The first-order valence-corrected chi connectivity index (χ1v) is 29.3. The Morgan fingerprint density at radius 3 is 1.22 bits per heavy atom. The molecular formula is C57H106O15. The molecule has 15 nitrogen and oxygen atoms in total. The van der Waals surface area contributed by atoms with Gasteiger partial charge in [-0.2, -0.15) is 0 Å². The van der Waals surface area contributed by atoms with E-state index in [1.54, 1.807) is 0 Å². The summed E-state index contributed by atoms with van der Waals surface area (Å²) in [5.41, 5.74) is 0. The third kappa shape index (κ3) is 31.3. The summed E-state index contributed by atoms with van der Waals surface area (Å²) < 4.78 is 33.7. The van der Waals surface area contributed by atoms with Gasteiger partial charge in [0.2, 0.25) is 0 Å². The molecule has 0 spiro atoms. The van der Waals surface area contributed by atoms with Crippen LogP contribution < -0.4 is 0 Å². The van der Waals surface area contributed by atoms with Gasteiger partial charge >= 0.3 is 11.9 Å². The third-order valence-electron chi connectivity index (χ3n) is 14.2. The summed E-state index contributed by atoms with van der Waals surface area (Å²) in [4.78, 5) is 25.9. The summed E-state index contributed by atoms with van der Waals surface area (Å²) in [6.07, 6.45) is 29.5. The topological polar surface area (TPSA) is 231 Å². The van der Waals surface area contributed by atoms with E-state index in [-0.39, 0.29) is 26.1 Å². The molecule has 2 rings (SSSR count). The van der Waals surface area contributed by atoms with Crippen LogP contribution in [0.25, 0.3) is 0 Å². The normalized spacial score (nSPS) is 25.0. The molecule has 0 aromatic carbocycles. The lowest BCUT2D eigenvalue weighted by Gasteiger charge is -2.42. The molecule has 0 aromatic heterocycles. The van der Waals surface area contributed by atoms with Crippen molar-refractivity contribution in [3.05, 3.63) is 12.2 Å². The van der Waals surface area contributed by atoms with E-state index < -0.39 is 92.7 Å². The van der Waals surface area contributed by atoms with Crippen molar-refractivity contribution >= 4 is 11.9 Å². The molecule has 0 aliphatic carbocycles. The smallest absolute Gasteiger partial charge is 0.306 e. The Bertz CT molecular complexity index is 1300. The van der Waals surface area contributed by atoms with Gasteiger partial charge in [-0.25, -0.2) is 0 Å². The van der Waals surface area contributed by atoms with Crippen LogP contribution in [0.3, 0.4) is 0 Å². The lowest BCUT2D eigenvalue weighted by molar-refractivity contribution is -0.332. The van der Waals surface area contributed by atoms with Crippen LogP contribution in [-0.4, -0.2) is 142 Å². The molecule has 0 bridgehead atoms. The predicted molar refractivity (Wildman–Crippen MR) is 280 cm³/mol. The first-order valence-electron chi connectivity index (χ1n) is 29.3. The monoisotopic (exact) mass is 1030 g/mol. The highest BCUT2D eigenvalue weighted by Crippen LogP contribution is 2.27. The molecule has 424 valence electrons. The van der Waals surface area contributed by atoms with Gasteiger partial charge in [0.05, 0.1) is 19.8 Å². The summed E-state index contributed by atoms with van der Waals surface area (Å²) in [7, 11) is 0. The van der Waals surface area contributed by atoms with Crippen LogP contribution in [0.2, 0.25) is 0 Å². The molecule has 72 heavy (non-hydrogen) atoms. The highest BCUT2D eigenvalue weighted by Gasteiger charge is 2.47. The van der Waals surface area contributed by atoms with E-state index in [0.29, 0.717) is 12.8 Å². The van der Waals surface area contributed by atoms with E-state index >= 15 is 0 Å². The van der Waals surface area contributed by atoms with Crippen molar-refractivity contribution in [2.75, 3.05) is 26.4 Å². The van der Waals surface area contributed by atoms with Crippen molar-refractivity contribution in [3.63, 3.8) is 0 Å². The van der Waals surface area contributed by atoms with Gasteiger partial charge in [0, 0.05) is 12.8 Å². The first kappa shape index (κ1) is 66.4. The minimum atomic E-state index is -1.76. The number of hydrogen-bond acceptors (Lipinski definition) is 15. The van der Waals surface area contributed by atoms with Crippen molar-refractivity contribution in [2.24, 2.45) is 0 Å². The third-order valence-corrected chi connectivity index (χ3v) is 14.2. The summed E-state index contributed by atoms with van der Waals surface area (Å²) in [6.45, 7) is 2.63. The fourth-order valence-corrected chi connectivity index (χ4v) is 9.45. The quantitative estimate of drug-likeness (QED) is 0.0171. The van der Waals surface area contributed by atoms with Crippen LogP contribution in [0.15, 0.2) is 12.2 Å². The molecule has 2 aliphatic heterocycles. The zero-order chi connectivity index (χ0) is 52.4. The largest absolute Gasteiger partial charge is 0.462 e. The second-order valence-electron chi connectivity index (χ2n) is 20.8. The number of rotatable bonds is 47. The van der Waals surface area contributed by atoms with Gasteiger partial charge in [-0.15, -0.1) is 0 Å². The van der Waals surface area contributed by atoms with Gasteiger partial charge in [0.1, 0.15) is 55.4 Å². The highest BCUT2D eigenvalue weighted by molar-refractivity contribution is 5.70. The summed E-state index contributed by atoms with van der Waals surface area (Å²) in [5.74, 6) is -0.919. The highest BCUT2D eigenvalue weighted by atomic mass is 16.7. The molecular weight excluding hydrogens is 925 g/mol. The predicted octanol–water partition coefficient (Wildman–Crippen LogP) is 9.72. The lowest BCUT2D eigenvalue weighted by atomic mass is 9.98.